The SMILES string of the molecule is CCCCc1ccc(Cl)c(O)c1. The zero-order valence-corrected chi connectivity index (χ0v) is 7.93. The summed E-state index contributed by atoms with van der Waals surface area (Å²) in [4.78, 5) is 0. The van der Waals surface area contributed by atoms with Crippen LogP contribution in [0.2, 0.25) is 5.02 Å². The van der Waals surface area contributed by atoms with E-state index >= 15 is 0 Å². The molecule has 1 N–H and O–H groups in total. The van der Waals surface area contributed by atoms with Crippen molar-refractivity contribution in [2.24, 2.45) is 0 Å². The Hall–Kier alpha value is -0.690. The molecule has 0 saturated heterocycles. The first-order valence-corrected chi connectivity index (χ1v) is 4.59. The van der Waals surface area contributed by atoms with Gasteiger partial charge in [0.15, 0.2) is 0 Å². The Balaban J connectivity index is 2.69. The number of phenolic OH excluding ortho intramolecular Hbond substituents is 1. The lowest BCUT2D eigenvalue weighted by Gasteiger charge is -2.01. The van der Waals surface area contributed by atoms with Gasteiger partial charge in [-0.15, -0.1) is 0 Å². The molecule has 1 aromatic carbocycles. The number of aromatic hydroxyl groups is 1. The fraction of sp³-hybridized carbons (Fsp3) is 0.400. The predicted octanol–water partition coefficient (Wildman–Crippen LogP) is 3.39. The lowest BCUT2D eigenvalue weighted by Crippen LogP contribution is -1.83. The molecular weight excluding hydrogens is 172 g/mol. The summed E-state index contributed by atoms with van der Waals surface area (Å²) in [6, 6.07) is 5.43. The Morgan fingerprint density at radius 3 is 2.75 bits per heavy atom. The van der Waals surface area contributed by atoms with Gasteiger partial charge >= 0.3 is 0 Å². The Kier molecular flexibility index (Phi) is 3.42. The van der Waals surface area contributed by atoms with E-state index in [1.54, 1.807) is 12.1 Å². The number of unbranched alkanes of at least 4 members (excludes halogenated alkanes) is 1. The topological polar surface area (TPSA) is 20.2 Å². The van der Waals surface area contributed by atoms with Crippen LogP contribution in [0.3, 0.4) is 0 Å². The van der Waals surface area contributed by atoms with Gasteiger partial charge in [0, 0.05) is 0 Å². The number of halogens is 1. The van der Waals surface area contributed by atoms with Crippen LogP contribution < -0.4 is 0 Å². The first kappa shape index (κ1) is 9.40. The molecule has 0 aliphatic rings. The average molecular weight is 185 g/mol. The fourth-order valence-electron chi connectivity index (χ4n) is 1.09. The molecule has 66 valence electrons. The molecule has 0 bridgehead atoms. The highest BCUT2D eigenvalue weighted by molar-refractivity contribution is 6.31. The van der Waals surface area contributed by atoms with Gasteiger partial charge in [-0.05, 0) is 30.5 Å². The second kappa shape index (κ2) is 4.36. The van der Waals surface area contributed by atoms with Gasteiger partial charge in [0.05, 0.1) is 5.02 Å². The first-order chi connectivity index (χ1) is 5.74. The highest BCUT2D eigenvalue weighted by Gasteiger charge is 1.98. The van der Waals surface area contributed by atoms with Crippen LogP contribution in [0.15, 0.2) is 18.2 Å². The van der Waals surface area contributed by atoms with Crippen molar-refractivity contribution >= 4 is 11.6 Å². The molecule has 1 nitrogen and oxygen atoms in total. The molecule has 2 heteroatoms. The maximum atomic E-state index is 9.27. The number of rotatable bonds is 3. The number of aryl methyl sites for hydroxylation is 1. The van der Waals surface area contributed by atoms with Crippen molar-refractivity contribution in [3.63, 3.8) is 0 Å². The highest BCUT2D eigenvalue weighted by atomic mass is 35.5. The third-order valence-electron chi connectivity index (χ3n) is 1.83. The van der Waals surface area contributed by atoms with E-state index in [4.69, 9.17) is 11.6 Å². The van der Waals surface area contributed by atoms with Gasteiger partial charge in [0.25, 0.3) is 0 Å². The monoisotopic (exact) mass is 184 g/mol. The van der Waals surface area contributed by atoms with Crippen molar-refractivity contribution in [3.8, 4) is 5.75 Å². The van der Waals surface area contributed by atoms with Gasteiger partial charge in [0.1, 0.15) is 5.75 Å². The van der Waals surface area contributed by atoms with Crippen LogP contribution in [0.25, 0.3) is 0 Å². The minimum Gasteiger partial charge on any atom is -0.506 e. The third-order valence-corrected chi connectivity index (χ3v) is 2.15. The molecule has 0 aliphatic heterocycles. The standard InChI is InChI=1S/C10H13ClO/c1-2-3-4-8-5-6-9(11)10(12)7-8/h5-7,12H,2-4H2,1H3. The summed E-state index contributed by atoms with van der Waals surface area (Å²) in [7, 11) is 0. The molecule has 0 heterocycles. The van der Waals surface area contributed by atoms with Crippen LogP contribution >= 0.6 is 11.6 Å². The molecule has 0 spiro atoms. The molecule has 0 radical (unpaired) electrons. The van der Waals surface area contributed by atoms with Crippen molar-refractivity contribution in [2.45, 2.75) is 26.2 Å². The Morgan fingerprint density at radius 2 is 2.17 bits per heavy atom. The van der Waals surface area contributed by atoms with E-state index in [-0.39, 0.29) is 5.75 Å². The van der Waals surface area contributed by atoms with E-state index in [0.717, 1.165) is 18.4 Å². The van der Waals surface area contributed by atoms with E-state index in [1.165, 1.54) is 6.42 Å². The third kappa shape index (κ3) is 2.42. The molecule has 1 aromatic rings. The quantitative estimate of drug-likeness (QED) is 0.764. The Morgan fingerprint density at radius 1 is 1.42 bits per heavy atom. The molecule has 0 aromatic heterocycles. The fourth-order valence-corrected chi connectivity index (χ4v) is 1.21. The summed E-state index contributed by atoms with van der Waals surface area (Å²) in [5, 5.41) is 9.69. The molecule has 0 unspecified atom stereocenters. The highest BCUT2D eigenvalue weighted by Crippen LogP contribution is 2.24. The second-order valence-electron chi connectivity index (χ2n) is 2.89. The molecule has 0 saturated carbocycles. The van der Waals surface area contributed by atoms with Crippen molar-refractivity contribution < 1.29 is 5.11 Å². The zero-order chi connectivity index (χ0) is 8.97. The maximum Gasteiger partial charge on any atom is 0.134 e. The number of hydrogen-bond donors (Lipinski definition) is 1. The van der Waals surface area contributed by atoms with Crippen molar-refractivity contribution in [1.29, 1.82) is 0 Å². The zero-order valence-electron chi connectivity index (χ0n) is 7.18. The number of benzene rings is 1. The van der Waals surface area contributed by atoms with Gasteiger partial charge in [-0.2, -0.15) is 0 Å². The van der Waals surface area contributed by atoms with Crippen molar-refractivity contribution in [3.05, 3.63) is 28.8 Å². The largest absolute Gasteiger partial charge is 0.506 e. The minimum absolute atomic E-state index is 0.185. The Labute approximate surface area is 78.0 Å². The lowest BCUT2D eigenvalue weighted by atomic mass is 10.1. The van der Waals surface area contributed by atoms with Crippen molar-refractivity contribution in [2.75, 3.05) is 0 Å². The second-order valence-corrected chi connectivity index (χ2v) is 3.30. The molecule has 0 amide bonds. The van der Waals surface area contributed by atoms with Gasteiger partial charge in [-0.1, -0.05) is 31.0 Å². The molecule has 0 atom stereocenters. The normalized spacial score (nSPS) is 10.2. The van der Waals surface area contributed by atoms with Crippen LogP contribution in [-0.2, 0) is 6.42 Å². The average Bonchev–Trinajstić information content (AvgIpc) is 2.07. The number of phenols is 1. The summed E-state index contributed by atoms with van der Waals surface area (Å²) in [6.45, 7) is 2.15. The Bertz CT molecular complexity index is 258. The molecular formula is C10H13ClO. The van der Waals surface area contributed by atoms with Crippen LogP contribution in [0.4, 0.5) is 0 Å². The summed E-state index contributed by atoms with van der Waals surface area (Å²) in [5.41, 5.74) is 1.15. The van der Waals surface area contributed by atoms with Gasteiger partial charge in [0.2, 0.25) is 0 Å². The van der Waals surface area contributed by atoms with Crippen LogP contribution in [0, 0.1) is 0 Å². The maximum absolute atomic E-state index is 9.27. The van der Waals surface area contributed by atoms with Crippen LogP contribution in [0.5, 0.6) is 5.75 Å². The minimum atomic E-state index is 0.185. The lowest BCUT2D eigenvalue weighted by molar-refractivity contribution is 0.474. The summed E-state index contributed by atoms with van der Waals surface area (Å²) >= 11 is 5.66. The first-order valence-electron chi connectivity index (χ1n) is 4.21. The molecule has 1 rings (SSSR count). The summed E-state index contributed by atoms with van der Waals surface area (Å²) in [5.74, 6) is 0.185. The van der Waals surface area contributed by atoms with E-state index in [2.05, 4.69) is 6.92 Å². The van der Waals surface area contributed by atoms with Crippen LogP contribution in [0.1, 0.15) is 25.3 Å². The van der Waals surface area contributed by atoms with Gasteiger partial charge in [-0.25, -0.2) is 0 Å². The van der Waals surface area contributed by atoms with E-state index < -0.39 is 0 Å². The molecule has 12 heavy (non-hydrogen) atoms. The predicted molar refractivity (Wildman–Crippen MR) is 51.7 cm³/mol. The smallest absolute Gasteiger partial charge is 0.134 e. The van der Waals surface area contributed by atoms with Crippen LogP contribution in [-0.4, -0.2) is 5.11 Å². The van der Waals surface area contributed by atoms with Crippen molar-refractivity contribution in [1.82, 2.24) is 0 Å². The summed E-state index contributed by atoms with van der Waals surface area (Å²) in [6.07, 6.45) is 3.34. The van der Waals surface area contributed by atoms with E-state index in [9.17, 15) is 5.11 Å². The van der Waals surface area contributed by atoms with Gasteiger partial charge < -0.3 is 5.11 Å². The summed E-state index contributed by atoms with van der Waals surface area (Å²) < 4.78 is 0. The van der Waals surface area contributed by atoms with E-state index in [0.29, 0.717) is 5.02 Å². The molecule has 0 aliphatic carbocycles. The van der Waals surface area contributed by atoms with E-state index in [1.807, 2.05) is 6.07 Å². The molecule has 0 fully saturated rings. The van der Waals surface area contributed by atoms with Gasteiger partial charge in [-0.3, -0.25) is 0 Å². The number of hydrogen-bond acceptors (Lipinski definition) is 1.